The van der Waals surface area contributed by atoms with Crippen LogP contribution in [-0.2, 0) is 16.6 Å². The van der Waals surface area contributed by atoms with Crippen LogP contribution in [0.15, 0.2) is 48.7 Å². The highest BCUT2D eigenvalue weighted by Gasteiger charge is 2.42. The maximum absolute atomic E-state index is 13.3. The van der Waals surface area contributed by atoms with Gasteiger partial charge in [0, 0.05) is 19.2 Å². The zero-order valence-electron chi connectivity index (χ0n) is 14.5. The summed E-state index contributed by atoms with van der Waals surface area (Å²) in [6, 6.07) is 12.1. The molecule has 0 radical (unpaired) electrons. The molecule has 1 aliphatic rings. The van der Waals surface area contributed by atoms with Crippen LogP contribution in [0.3, 0.4) is 0 Å². The first-order valence-corrected chi connectivity index (χ1v) is 9.02. The number of carbonyl (C=O) groups is 1. The van der Waals surface area contributed by atoms with Gasteiger partial charge in [0.15, 0.2) is 5.65 Å². The van der Waals surface area contributed by atoms with E-state index in [0.717, 1.165) is 42.7 Å². The lowest BCUT2D eigenvalue weighted by Gasteiger charge is -2.28. The zero-order chi connectivity index (χ0) is 18.0. The van der Waals surface area contributed by atoms with Gasteiger partial charge >= 0.3 is 0 Å². The Morgan fingerprint density at radius 2 is 1.88 bits per heavy atom. The summed E-state index contributed by atoms with van der Waals surface area (Å²) in [5.74, 6) is 0.569. The molecule has 6 heteroatoms. The van der Waals surface area contributed by atoms with E-state index in [2.05, 4.69) is 15.5 Å². The first kappa shape index (κ1) is 16.7. The second-order valence-corrected chi connectivity index (χ2v) is 6.85. The van der Waals surface area contributed by atoms with E-state index in [-0.39, 0.29) is 11.7 Å². The Morgan fingerprint density at radius 1 is 1.12 bits per heavy atom. The van der Waals surface area contributed by atoms with Crippen LogP contribution in [0.25, 0.3) is 5.65 Å². The van der Waals surface area contributed by atoms with Gasteiger partial charge in [0.1, 0.15) is 11.6 Å². The smallest absolute Gasteiger partial charge is 0.230 e. The highest BCUT2D eigenvalue weighted by molar-refractivity contribution is 5.88. The summed E-state index contributed by atoms with van der Waals surface area (Å²) < 4.78 is 15.2. The molecule has 1 aromatic carbocycles. The summed E-state index contributed by atoms with van der Waals surface area (Å²) in [6.45, 7) is 0.497. The molecule has 1 fully saturated rings. The van der Waals surface area contributed by atoms with Gasteiger partial charge in [-0.1, -0.05) is 31.0 Å². The summed E-state index contributed by atoms with van der Waals surface area (Å²) in [5.41, 5.74) is 1.16. The van der Waals surface area contributed by atoms with Gasteiger partial charge in [-0.25, -0.2) is 4.39 Å². The van der Waals surface area contributed by atoms with Crippen LogP contribution >= 0.6 is 0 Å². The Hall–Kier alpha value is -2.76. The van der Waals surface area contributed by atoms with E-state index >= 15 is 0 Å². The van der Waals surface area contributed by atoms with E-state index in [4.69, 9.17) is 0 Å². The van der Waals surface area contributed by atoms with Crippen molar-refractivity contribution in [3.63, 3.8) is 0 Å². The van der Waals surface area contributed by atoms with E-state index < -0.39 is 5.41 Å². The molecule has 0 aliphatic heterocycles. The number of benzene rings is 1. The zero-order valence-corrected chi connectivity index (χ0v) is 14.5. The molecule has 1 N–H and O–H groups in total. The van der Waals surface area contributed by atoms with E-state index in [1.807, 2.05) is 28.8 Å². The van der Waals surface area contributed by atoms with Gasteiger partial charge in [-0.05, 0) is 42.7 Å². The van der Waals surface area contributed by atoms with Crippen LogP contribution in [-0.4, -0.2) is 27.0 Å². The fourth-order valence-electron chi connectivity index (χ4n) is 3.91. The highest BCUT2D eigenvalue weighted by Crippen LogP contribution is 2.41. The number of hydrogen-bond acceptors (Lipinski definition) is 3. The standard InChI is InChI=1S/C20H21FN4O/c21-16-8-6-15(7-9-16)20(11-2-3-12-20)19(26)22-13-10-18-24-23-17-5-1-4-14-25(17)18/h1,4-9,14H,2-3,10-13H2,(H,22,26). The molecule has 4 rings (SSSR count). The largest absolute Gasteiger partial charge is 0.355 e. The Morgan fingerprint density at radius 3 is 2.65 bits per heavy atom. The van der Waals surface area contributed by atoms with Crippen molar-refractivity contribution < 1.29 is 9.18 Å². The number of nitrogens with one attached hydrogen (secondary N) is 1. The quantitative estimate of drug-likeness (QED) is 0.768. The number of carbonyl (C=O) groups excluding carboxylic acids is 1. The summed E-state index contributed by atoms with van der Waals surface area (Å²) >= 11 is 0. The van der Waals surface area contributed by atoms with Gasteiger partial charge in [-0.3, -0.25) is 9.20 Å². The van der Waals surface area contributed by atoms with Crippen LogP contribution in [0, 0.1) is 5.82 Å². The molecular weight excluding hydrogens is 331 g/mol. The number of aromatic nitrogens is 3. The molecule has 1 saturated carbocycles. The second kappa shape index (κ2) is 6.86. The van der Waals surface area contributed by atoms with E-state index in [1.165, 1.54) is 12.1 Å². The van der Waals surface area contributed by atoms with Crippen molar-refractivity contribution in [2.45, 2.75) is 37.5 Å². The van der Waals surface area contributed by atoms with Crippen molar-refractivity contribution in [1.29, 1.82) is 0 Å². The van der Waals surface area contributed by atoms with Crippen LogP contribution in [0.2, 0.25) is 0 Å². The molecule has 1 amide bonds. The number of pyridine rings is 1. The fraction of sp³-hybridized carbons (Fsp3) is 0.350. The van der Waals surface area contributed by atoms with Crippen LogP contribution in [0.5, 0.6) is 0 Å². The number of nitrogens with zero attached hydrogens (tertiary/aromatic N) is 3. The van der Waals surface area contributed by atoms with Crippen molar-refractivity contribution in [1.82, 2.24) is 19.9 Å². The van der Waals surface area contributed by atoms with Gasteiger partial charge in [0.25, 0.3) is 0 Å². The third kappa shape index (κ3) is 2.96. The summed E-state index contributed by atoms with van der Waals surface area (Å²) in [6.07, 6.45) is 6.16. The third-order valence-electron chi connectivity index (χ3n) is 5.31. The molecule has 3 aromatic rings. The summed E-state index contributed by atoms with van der Waals surface area (Å²) in [7, 11) is 0. The Kier molecular flexibility index (Phi) is 4.41. The maximum Gasteiger partial charge on any atom is 0.230 e. The minimum Gasteiger partial charge on any atom is -0.355 e. The van der Waals surface area contributed by atoms with Gasteiger partial charge in [-0.15, -0.1) is 10.2 Å². The average molecular weight is 352 g/mol. The fourth-order valence-corrected chi connectivity index (χ4v) is 3.91. The minimum atomic E-state index is -0.541. The second-order valence-electron chi connectivity index (χ2n) is 6.85. The first-order valence-electron chi connectivity index (χ1n) is 9.02. The predicted octanol–water partition coefficient (Wildman–Crippen LogP) is 3.04. The van der Waals surface area contributed by atoms with E-state index in [1.54, 1.807) is 12.1 Å². The minimum absolute atomic E-state index is 0.0235. The summed E-state index contributed by atoms with van der Waals surface area (Å²) in [4.78, 5) is 13.0. The topological polar surface area (TPSA) is 59.3 Å². The Labute approximate surface area is 151 Å². The molecule has 1 aliphatic carbocycles. The molecule has 2 heterocycles. The molecule has 2 aromatic heterocycles. The van der Waals surface area contributed by atoms with Crippen LogP contribution in [0.4, 0.5) is 4.39 Å². The lowest BCUT2D eigenvalue weighted by atomic mass is 9.78. The number of rotatable bonds is 5. The van der Waals surface area contributed by atoms with Crippen molar-refractivity contribution in [2.24, 2.45) is 0 Å². The van der Waals surface area contributed by atoms with Gasteiger partial charge in [-0.2, -0.15) is 0 Å². The van der Waals surface area contributed by atoms with Crippen molar-refractivity contribution >= 4 is 11.6 Å². The first-order chi connectivity index (χ1) is 12.7. The molecule has 134 valence electrons. The molecule has 0 saturated heterocycles. The van der Waals surface area contributed by atoms with E-state index in [0.29, 0.717) is 13.0 Å². The van der Waals surface area contributed by atoms with E-state index in [9.17, 15) is 9.18 Å². The molecule has 5 nitrogen and oxygen atoms in total. The van der Waals surface area contributed by atoms with Crippen LogP contribution < -0.4 is 5.32 Å². The molecule has 26 heavy (non-hydrogen) atoms. The molecule has 0 unspecified atom stereocenters. The monoisotopic (exact) mass is 352 g/mol. The maximum atomic E-state index is 13.3. The average Bonchev–Trinajstić information content (AvgIpc) is 3.31. The normalized spacial score (nSPS) is 16.0. The number of amides is 1. The van der Waals surface area contributed by atoms with Crippen molar-refractivity contribution in [3.8, 4) is 0 Å². The molecule has 0 spiro atoms. The predicted molar refractivity (Wildman–Crippen MR) is 96.2 cm³/mol. The third-order valence-corrected chi connectivity index (χ3v) is 5.31. The Bertz CT molecular complexity index is 913. The molecular formula is C20H21FN4O. The van der Waals surface area contributed by atoms with Crippen molar-refractivity contribution in [2.75, 3.05) is 6.54 Å². The van der Waals surface area contributed by atoms with Gasteiger partial charge < -0.3 is 5.32 Å². The molecule has 0 atom stereocenters. The van der Waals surface area contributed by atoms with Gasteiger partial charge in [0.2, 0.25) is 5.91 Å². The lowest BCUT2D eigenvalue weighted by Crippen LogP contribution is -2.43. The van der Waals surface area contributed by atoms with Gasteiger partial charge in [0.05, 0.1) is 5.41 Å². The lowest BCUT2D eigenvalue weighted by molar-refractivity contribution is -0.126. The number of hydrogen-bond donors (Lipinski definition) is 1. The molecule has 0 bridgehead atoms. The Balaban J connectivity index is 1.46. The van der Waals surface area contributed by atoms with Crippen molar-refractivity contribution in [3.05, 3.63) is 65.9 Å². The van der Waals surface area contributed by atoms with Crippen LogP contribution in [0.1, 0.15) is 37.1 Å². The number of halogens is 1. The SMILES string of the molecule is O=C(NCCc1nnc2ccccn12)C1(c2ccc(F)cc2)CCCC1. The number of fused-ring (bicyclic) bond motifs is 1. The summed E-state index contributed by atoms with van der Waals surface area (Å²) in [5, 5.41) is 11.4. The highest BCUT2D eigenvalue weighted by atomic mass is 19.1.